The summed E-state index contributed by atoms with van der Waals surface area (Å²) in [6.07, 6.45) is 3.78. The molecule has 150 valence electrons. The largest absolute Gasteiger partial charge is 0.452 e. The molecule has 0 radical (unpaired) electrons. The Bertz CT molecular complexity index is 900. The molecule has 2 amide bonds. The van der Waals surface area contributed by atoms with E-state index in [1.807, 2.05) is 18.4 Å². The van der Waals surface area contributed by atoms with Gasteiger partial charge in [0, 0.05) is 23.7 Å². The molecule has 0 unspecified atom stereocenters. The van der Waals surface area contributed by atoms with Crippen molar-refractivity contribution in [1.29, 1.82) is 0 Å². The average molecular weight is 421 g/mol. The van der Waals surface area contributed by atoms with Gasteiger partial charge in [-0.25, -0.2) is 4.79 Å². The van der Waals surface area contributed by atoms with Crippen LogP contribution in [0.4, 0.5) is 5.00 Å². The lowest BCUT2D eigenvalue weighted by atomic mass is 9.95. The second kappa shape index (κ2) is 8.87. The summed E-state index contributed by atoms with van der Waals surface area (Å²) >= 11 is 3.04. The van der Waals surface area contributed by atoms with Gasteiger partial charge >= 0.3 is 5.97 Å². The monoisotopic (exact) mass is 420 g/mol. The second-order valence-electron chi connectivity index (χ2n) is 6.95. The molecule has 28 heavy (non-hydrogen) atoms. The van der Waals surface area contributed by atoms with Gasteiger partial charge in [-0.2, -0.15) is 0 Å². The highest BCUT2D eigenvalue weighted by atomic mass is 32.1. The number of fused-ring (bicyclic) bond motifs is 1. The first-order valence-corrected chi connectivity index (χ1v) is 10.9. The zero-order chi connectivity index (χ0) is 20.3. The van der Waals surface area contributed by atoms with Crippen LogP contribution in [0.5, 0.6) is 0 Å². The number of likely N-dealkylation sites (N-methyl/N-ethyl adjacent to an activating group) is 1. The van der Waals surface area contributed by atoms with Crippen LogP contribution in [0.2, 0.25) is 0 Å². The third-order valence-corrected chi connectivity index (χ3v) is 6.98. The quantitative estimate of drug-likeness (QED) is 0.722. The summed E-state index contributed by atoms with van der Waals surface area (Å²) < 4.78 is 5.34. The van der Waals surface area contributed by atoms with Gasteiger partial charge in [-0.15, -0.1) is 22.7 Å². The topological polar surface area (TPSA) is 75.7 Å². The molecule has 2 aromatic rings. The van der Waals surface area contributed by atoms with Crippen molar-refractivity contribution in [2.75, 3.05) is 19.0 Å². The molecule has 0 aromatic carbocycles. The van der Waals surface area contributed by atoms with Crippen LogP contribution in [0.25, 0.3) is 0 Å². The van der Waals surface area contributed by atoms with Gasteiger partial charge in [0.05, 0.1) is 12.1 Å². The van der Waals surface area contributed by atoms with E-state index >= 15 is 0 Å². The third-order valence-electron chi connectivity index (χ3n) is 4.77. The van der Waals surface area contributed by atoms with Crippen LogP contribution in [0.15, 0.2) is 11.4 Å². The summed E-state index contributed by atoms with van der Waals surface area (Å²) in [5.74, 6) is -1.03. The lowest BCUT2D eigenvalue weighted by molar-refractivity contribution is -0.133. The van der Waals surface area contributed by atoms with Crippen molar-refractivity contribution in [1.82, 2.24) is 4.90 Å². The lowest BCUT2D eigenvalue weighted by Crippen LogP contribution is -2.31. The van der Waals surface area contributed by atoms with Crippen LogP contribution in [-0.2, 0) is 33.7 Å². The summed E-state index contributed by atoms with van der Waals surface area (Å²) in [5.41, 5.74) is 2.52. The van der Waals surface area contributed by atoms with Gasteiger partial charge in [0.2, 0.25) is 5.91 Å². The van der Waals surface area contributed by atoms with Gasteiger partial charge in [-0.1, -0.05) is 0 Å². The molecular weight excluding hydrogens is 396 g/mol. The molecule has 8 heteroatoms. The van der Waals surface area contributed by atoms with Gasteiger partial charge in [0.25, 0.3) is 5.91 Å². The fourth-order valence-electron chi connectivity index (χ4n) is 3.21. The van der Waals surface area contributed by atoms with Crippen LogP contribution in [-0.4, -0.2) is 36.3 Å². The number of hydrogen-bond donors (Lipinski definition) is 1. The first-order valence-electron chi connectivity index (χ1n) is 9.23. The summed E-state index contributed by atoms with van der Waals surface area (Å²) in [6, 6.07) is 2.02. The number of amides is 2. The molecule has 0 bridgehead atoms. The Labute approximate surface area is 172 Å². The number of esters is 1. The number of nitrogens with zero attached hydrogens (tertiary/aromatic N) is 1. The van der Waals surface area contributed by atoms with Gasteiger partial charge in [0.1, 0.15) is 5.00 Å². The molecule has 0 aliphatic heterocycles. The zero-order valence-electron chi connectivity index (χ0n) is 16.3. The highest BCUT2D eigenvalue weighted by Gasteiger charge is 2.27. The van der Waals surface area contributed by atoms with Gasteiger partial charge < -0.3 is 15.0 Å². The van der Waals surface area contributed by atoms with Gasteiger partial charge in [-0.3, -0.25) is 9.59 Å². The van der Waals surface area contributed by atoms with Crippen molar-refractivity contribution in [3.05, 3.63) is 37.9 Å². The molecule has 6 nitrogen and oxygen atoms in total. The van der Waals surface area contributed by atoms with E-state index in [1.165, 1.54) is 18.3 Å². The lowest BCUT2D eigenvalue weighted by Gasteiger charge is -2.17. The smallest absolute Gasteiger partial charge is 0.341 e. The summed E-state index contributed by atoms with van der Waals surface area (Å²) in [6.45, 7) is 3.60. The Balaban J connectivity index is 1.67. The number of hydrogen-bond acceptors (Lipinski definition) is 6. The molecule has 0 saturated carbocycles. The minimum atomic E-state index is -0.544. The van der Waals surface area contributed by atoms with Gasteiger partial charge in [-0.05, 0) is 55.2 Å². The van der Waals surface area contributed by atoms with Crippen molar-refractivity contribution in [2.24, 2.45) is 0 Å². The van der Waals surface area contributed by atoms with Crippen molar-refractivity contribution < 1.29 is 19.1 Å². The summed E-state index contributed by atoms with van der Waals surface area (Å²) in [5, 5.41) is 5.26. The van der Waals surface area contributed by atoms with Crippen molar-refractivity contribution in [3.8, 4) is 0 Å². The predicted octanol–water partition coefficient (Wildman–Crippen LogP) is 3.77. The fourth-order valence-corrected chi connectivity index (χ4v) is 5.49. The number of thiophene rings is 2. The Morgan fingerprint density at radius 3 is 2.68 bits per heavy atom. The molecule has 1 aliphatic carbocycles. The Kier molecular flexibility index (Phi) is 6.51. The van der Waals surface area contributed by atoms with Crippen LogP contribution in [0.1, 0.15) is 51.0 Å². The summed E-state index contributed by atoms with van der Waals surface area (Å²) in [4.78, 5) is 40.4. The van der Waals surface area contributed by atoms with E-state index in [2.05, 4.69) is 5.32 Å². The number of rotatable bonds is 6. The number of carbonyl (C=O) groups is 3. The SMILES string of the molecule is CC(=O)Nc1sc2c(c1C(=O)OCC(=O)N(C)Cc1sccc1C)CCCC2. The Hall–Kier alpha value is -2.19. The van der Waals surface area contributed by atoms with Crippen LogP contribution in [0, 0.1) is 6.92 Å². The third kappa shape index (κ3) is 4.62. The molecule has 1 aliphatic rings. The highest BCUT2D eigenvalue weighted by molar-refractivity contribution is 7.17. The first-order chi connectivity index (χ1) is 13.4. The molecular formula is C20H24N2O4S2. The maximum Gasteiger partial charge on any atom is 0.341 e. The van der Waals surface area contributed by atoms with Crippen molar-refractivity contribution in [2.45, 2.75) is 46.1 Å². The number of nitrogens with one attached hydrogen (secondary N) is 1. The maximum atomic E-state index is 12.7. The van der Waals surface area contributed by atoms with E-state index in [0.717, 1.165) is 46.6 Å². The minimum Gasteiger partial charge on any atom is -0.452 e. The molecule has 0 atom stereocenters. The van der Waals surface area contributed by atoms with E-state index in [-0.39, 0.29) is 18.4 Å². The molecule has 0 fully saturated rings. The zero-order valence-corrected chi connectivity index (χ0v) is 17.9. The maximum absolute atomic E-state index is 12.7. The molecule has 1 N–H and O–H groups in total. The molecule has 3 rings (SSSR count). The van der Waals surface area contributed by atoms with Crippen LogP contribution >= 0.6 is 22.7 Å². The Morgan fingerprint density at radius 2 is 2.00 bits per heavy atom. The number of aryl methyl sites for hydroxylation is 2. The first kappa shape index (κ1) is 20.5. The van der Waals surface area contributed by atoms with E-state index in [1.54, 1.807) is 23.3 Å². The van der Waals surface area contributed by atoms with E-state index in [4.69, 9.17) is 4.74 Å². The van der Waals surface area contributed by atoms with E-state index < -0.39 is 5.97 Å². The predicted molar refractivity (Wildman–Crippen MR) is 111 cm³/mol. The average Bonchev–Trinajstić information content (AvgIpc) is 3.21. The van der Waals surface area contributed by atoms with Crippen molar-refractivity contribution >= 4 is 45.5 Å². The standard InChI is InChI=1S/C20H24N2O4S2/c1-12-8-9-27-16(12)10-22(3)17(24)11-26-20(25)18-14-6-4-5-7-15(14)28-19(18)21-13(2)23/h8-9H,4-7,10-11H2,1-3H3,(H,21,23). The van der Waals surface area contributed by atoms with Crippen molar-refractivity contribution in [3.63, 3.8) is 0 Å². The highest BCUT2D eigenvalue weighted by Crippen LogP contribution is 2.38. The molecule has 0 spiro atoms. The molecule has 0 saturated heterocycles. The summed E-state index contributed by atoms with van der Waals surface area (Å²) in [7, 11) is 1.70. The van der Waals surface area contributed by atoms with E-state index in [0.29, 0.717) is 17.1 Å². The molecule has 2 aromatic heterocycles. The Morgan fingerprint density at radius 1 is 1.25 bits per heavy atom. The molecule has 2 heterocycles. The normalized spacial score (nSPS) is 13.0. The minimum absolute atomic E-state index is 0.227. The van der Waals surface area contributed by atoms with Gasteiger partial charge in [0.15, 0.2) is 6.61 Å². The number of carbonyl (C=O) groups excluding carboxylic acids is 3. The number of ether oxygens (including phenoxy) is 1. The number of anilines is 1. The van der Waals surface area contributed by atoms with Crippen LogP contribution in [0.3, 0.4) is 0 Å². The van der Waals surface area contributed by atoms with Crippen LogP contribution < -0.4 is 5.32 Å². The second-order valence-corrected chi connectivity index (χ2v) is 9.05. The van der Waals surface area contributed by atoms with E-state index in [9.17, 15) is 14.4 Å². The fraction of sp³-hybridized carbons (Fsp3) is 0.450.